The highest BCUT2D eigenvalue weighted by atomic mass is 32.1. The van der Waals surface area contributed by atoms with Crippen molar-refractivity contribution in [2.24, 2.45) is 0 Å². The molecule has 3 aromatic rings. The molecule has 1 atom stereocenters. The van der Waals surface area contributed by atoms with Crippen LogP contribution in [0.5, 0.6) is 0 Å². The lowest BCUT2D eigenvalue weighted by Crippen LogP contribution is -2.57. The van der Waals surface area contributed by atoms with Gasteiger partial charge in [-0.2, -0.15) is 0 Å². The first-order chi connectivity index (χ1) is 14.8. The summed E-state index contributed by atoms with van der Waals surface area (Å²) in [6, 6.07) is 11.5. The molecule has 0 spiro atoms. The van der Waals surface area contributed by atoms with E-state index in [1.165, 1.54) is 16.2 Å². The highest BCUT2D eigenvalue weighted by molar-refractivity contribution is 7.14. The van der Waals surface area contributed by atoms with Gasteiger partial charge in [-0.1, -0.05) is 18.2 Å². The topological polar surface area (TPSA) is 84.4 Å². The number of amides is 2. The summed E-state index contributed by atoms with van der Waals surface area (Å²) in [5.41, 5.74) is 3.30. The van der Waals surface area contributed by atoms with Gasteiger partial charge in [-0.25, -0.2) is 9.78 Å². The van der Waals surface area contributed by atoms with Gasteiger partial charge in [0.1, 0.15) is 11.6 Å². The zero-order valence-electron chi connectivity index (χ0n) is 17.7. The maximum Gasteiger partial charge on any atom is 0.410 e. The van der Waals surface area contributed by atoms with Crippen LogP contribution in [-0.2, 0) is 9.53 Å². The molecule has 0 aliphatic carbocycles. The number of pyridine rings is 1. The number of rotatable bonds is 4. The number of carbonyl (C=O) groups excluding carboxylic acids is 2. The number of nitrogens with zero attached hydrogens (tertiary/aromatic N) is 3. The summed E-state index contributed by atoms with van der Waals surface area (Å²) in [7, 11) is 0. The van der Waals surface area contributed by atoms with Crippen molar-refractivity contribution in [2.45, 2.75) is 38.8 Å². The highest BCUT2D eigenvalue weighted by Gasteiger charge is 2.40. The molecule has 0 bridgehead atoms. The number of thiazole rings is 1. The van der Waals surface area contributed by atoms with Crippen molar-refractivity contribution in [3.05, 3.63) is 54.2 Å². The van der Waals surface area contributed by atoms with Crippen LogP contribution in [0.15, 0.2) is 54.2 Å². The Morgan fingerprint density at radius 2 is 1.87 bits per heavy atom. The van der Waals surface area contributed by atoms with Crippen molar-refractivity contribution in [1.29, 1.82) is 0 Å². The fraction of sp³-hybridized carbons (Fsp3) is 0.304. The third-order valence-electron chi connectivity index (χ3n) is 4.86. The van der Waals surface area contributed by atoms with E-state index in [4.69, 9.17) is 4.74 Å². The molecule has 1 fully saturated rings. The Labute approximate surface area is 185 Å². The monoisotopic (exact) mass is 436 g/mol. The van der Waals surface area contributed by atoms with Crippen molar-refractivity contribution in [3.63, 3.8) is 0 Å². The van der Waals surface area contributed by atoms with Crippen LogP contribution in [0.2, 0.25) is 0 Å². The van der Waals surface area contributed by atoms with Crippen LogP contribution in [0.1, 0.15) is 27.2 Å². The number of hydrogen-bond donors (Lipinski definition) is 1. The molecular weight excluding hydrogens is 412 g/mol. The zero-order valence-corrected chi connectivity index (χ0v) is 18.5. The number of benzene rings is 1. The van der Waals surface area contributed by atoms with E-state index in [-0.39, 0.29) is 5.91 Å². The van der Waals surface area contributed by atoms with Crippen LogP contribution in [0, 0.1) is 0 Å². The Bertz CT molecular complexity index is 1090. The molecule has 160 valence electrons. The summed E-state index contributed by atoms with van der Waals surface area (Å²) in [6.45, 7) is 5.93. The average molecular weight is 437 g/mol. The van der Waals surface area contributed by atoms with Gasteiger partial charge in [0.15, 0.2) is 5.13 Å². The van der Waals surface area contributed by atoms with Crippen LogP contribution < -0.4 is 5.32 Å². The molecule has 8 heteroatoms. The smallest absolute Gasteiger partial charge is 0.410 e. The molecule has 1 saturated heterocycles. The molecule has 2 aromatic heterocycles. The average Bonchev–Trinajstić information content (AvgIpc) is 3.15. The third kappa shape index (κ3) is 4.91. The molecule has 0 radical (unpaired) electrons. The summed E-state index contributed by atoms with van der Waals surface area (Å²) in [6.07, 6.45) is 3.67. The van der Waals surface area contributed by atoms with Gasteiger partial charge in [-0.15, -0.1) is 11.3 Å². The number of anilines is 1. The van der Waals surface area contributed by atoms with Crippen molar-refractivity contribution >= 4 is 28.5 Å². The van der Waals surface area contributed by atoms with Crippen molar-refractivity contribution in [3.8, 4) is 22.4 Å². The molecule has 2 amide bonds. The molecule has 7 nitrogen and oxygen atoms in total. The van der Waals surface area contributed by atoms with Crippen LogP contribution in [0.4, 0.5) is 9.93 Å². The summed E-state index contributed by atoms with van der Waals surface area (Å²) < 4.78 is 5.37. The Hall–Kier alpha value is -3.26. The van der Waals surface area contributed by atoms with Gasteiger partial charge in [0.2, 0.25) is 5.91 Å². The van der Waals surface area contributed by atoms with Crippen LogP contribution in [-0.4, -0.2) is 45.1 Å². The quantitative estimate of drug-likeness (QED) is 0.634. The third-order valence-corrected chi connectivity index (χ3v) is 5.61. The summed E-state index contributed by atoms with van der Waals surface area (Å²) in [4.78, 5) is 35.0. The summed E-state index contributed by atoms with van der Waals surface area (Å²) in [5, 5.41) is 5.25. The molecule has 1 aromatic carbocycles. The zero-order chi connectivity index (χ0) is 22.0. The van der Waals surface area contributed by atoms with Crippen LogP contribution in [0.25, 0.3) is 22.4 Å². The molecule has 1 unspecified atom stereocenters. The largest absolute Gasteiger partial charge is 0.444 e. The van der Waals surface area contributed by atoms with E-state index in [2.05, 4.69) is 21.4 Å². The fourth-order valence-electron chi connectivity index (χ4n) is 3.25. The second-order valence-electron chi connectivity index (χ2n) is 8.32. The molecule has 0 saturated carbocycles. The van der Waals surface area contributed by atoms with Gasteiger partial charge in [-0.3, -0.25) is 14.7 Å². The molecular formula is C23H24N4O3S. The van der Waals surface area contributed by atoms with Gasteiger partial charge in [0.05, 0.1) is 5.69 Å². The van der Waals surface area contributed by atoms with Crippen molar-refractivity contribution in [2.75, 3.05) is 11.9 Å². The lowest BCUT2D eigenvalue weighted by molar-refractivity contribution is -0.125. The minimum atomic E-state index is -0.595. The van der Waals surface area contributed by atoms with E-state index >= 15 is 0 Å². The Morgan fingerprint density at radius 3 is 2.55 bits per heavy atom. The summed E-state index contributed by atoms with van der Waals surface area (Å²) in [5.74, 6) is -0.247. The van der Waals surface area contributed by atoms with Gasteiger partial charge in [-0.05, 0) is 56.5 Å². The number of hydrogen-bond acceptors (Lipinski definition) is 6. The van der Waals surface area contributed by atoms with Gasteiger partial charge < -0.3 is 10.1 Å². The lowest BCUT2D eigenvalue weighted by atomic mass is 10.0. The lowest BCUT2D eigenvalue weighted by Gasteiger charge is -2.39. The number of ether oxygens (including phenoxy) is 1. The van der Waals surface area contributed by atoms with E-state index in [0.717, 1.165) is 22.4 Å². The Balaban J connectivity index is 1.43. The van der Waals surface area contributed by atoms with Crippen molar-refractivity contribution in [1.82, 2.24) is 14.9 Å². The molecule has 4 rings (SSSR count). The maximum atomic E-state index is 12.7. The second kappa shape index (κ2) is 8.47. The maximum absolute atomic E-state index is 12.7. The van der Waals surface area contributed by atoms with Crippen LogP contribution in [0.3, 0.4) is 0 Å². The predicted molar refractivity (Wildman–Crippen MR) is 121 cm³/mol. The predicted octanol–water partition coefficient (Wildman–Crippen LogP) is 4.82. The van der Waals surface area contributed by atoms with Gasteiger partial charge in [0.25, 0.3) is 0 Å². The molecule has 1 N–H and O–H groups in total. The molecule has 31 heavy (non-hydrogen) atoms. The SMILES string of the molecule is CC(C)(C)OC(=O)N1CCC1C(=O)Nc1nc(-c2cccc(-c3ccncc3)c2)cs1. The van der Waals surface area contributed by atoms with Gasteiger partial charge in [0, 0.05) is 29.9 Å². The van der Waals surface area contributed by atoms with Gasteiger partial charge >= 0.3 is 6.09 Å². The standard InChI is InChI=1S/C23H24N4O3S/c1-23(2,3)30-22(29)27-12-9-19(27)20(28)26-21-25-18(14-31-21)17-6-4-5-16(13-17)15-7-10-24-11-8-15/h4-8,10-11,13-14,19H,9,12H2,1-3H3,(H,25,26,28). The normalized spacial score (nSPS) is 15.8. The number of likely N-dealkylation sites (tertiary alicyclic amines) is 1. The second-order valence-corrected chi connectivity index (χ2v) is 9.18. The molecule has 1 aliphatic rings. The van der Waals surface area contributed by atoms with E-state index in [0.29, 0.717) is 18.1 Å². The van der Waals surface area contributed by atoms with E-state index in [1.807, 2.05) is 35.7 Å². The Morgan fingerprint density at radius 1 is 1.13 bits per heavy atom. The first kappa shape index (κ1) is 21.0. The molecule has 3 heterocycles. The van der Waals surface area contributed by atoms with E-state index < -0.39 is 17.7 Å². The first-order valence-electron chi connectivity index (χ1n) is 10.1. The Kier molecular flexibility index (Phi) is 5.73. The minimum absolute atomic E-state index is 0.247. The van der Waals surface area contributed by atoms with Crippen molar-refractivity contribution < 1.29 is 14.3 Å². The number of aromatic nitrogens is 2. The fourth-order valence-corrected chi connectivity index (χ4v) is 3.98. The molecule has 1 aliphatic heterocycles. The van der Waals surface area contributed by atoms with E-state index in [9.17, 15) is 9.59 Å². The minimum Gasteiger partial charge on any atom is -0.444 e. The van der Waals surface area contributed by atoms with E-state index in [1.54, 1.807) is 33.2 Å². The highest BCUT2D eigenvalue weighted by Crippen LogP contribution is 2.29. The summed E-state index contributed by atoms with van der Waals surface area (Å²) >= 11 is 1.36. The number of nitrogens with one attached hydrogen (secondary N) is 1. The number of carbonyl (C=O) groups is 2. The first-order valence-corrected chi connectivity index (χ1v) is 10.9. The van der Waals surface area contributed by atoms with Crippen LogP contribution >= 0.6 is 11.3 Å².